The minimum Gasteiger partial charge on any atom is -0.370 e. The van der Waals surface area contributed by atoms with E-state index in [1.54, 1.807) is 0 Å². The first-order valence-electron chi connectivity index (χ1n) is 3.71. The zero-order chi connectivity index (χ0) is 9.84. The quantitative estimate of drug-likeness (QED) is 0.849. The first kappa shape index (κ1) is 10.6. The maximum Gasteiger partial charge on any atom is 0.103 e. The summed E-state index contributed by atoms with van der Waals surface area (Å²) in [6.07, 6.45) is 0. The number of nitrogens with zero attached hydrogens (tertiary/aromatic N) is 1. The van der Waals surface area contributed by atoms with Crippen molar-refractivity contribution in [2.75, 3.05) is 11.9 Å². The van der Waals surface area contributed by atoms with Gasteiger partial charge in [0.1, 0.15) is 6.54 Å². The first-order chi connectivity index (χ1) is 6.15. The van der Waals surface area contributed by atoms with Crippen LogP contribution in [-0.2, 0) is 0 Å². The lowest BCUT2D eigenvalue weighted by Gasteiger charge is -2.08. The van der Waals surface area contributed by atoms with Gasteiger partial charge in [0.15, 0.2) is 0 Å². The zero-order valence-corrected chi connectivity index (χ0v) is 10.2. The van der Waals surface area contributed by atoms with Gasteiger partial charge in [-0.1, -0.05) is 0 Å². The highest BCUT2D eigenvalue weighted by Gasteiger charge is 2.04. The molecule has 0 aromatic heterocycles. The molecule has 1 rings (SSSR count). The Hall–Kier alpha value is -0.530. The van der Waals surface area contributed by atoms with Crippen LogP contribution in [0.4, 0.5) is 5.69 Å². The van der Waals surface area contributed by atoms with Crippen molar-refractivity contribution in [1.29, 1.82) is 5.26 Å². The number of hydrogen-bond acceptors (Lipinski definition) is 2. The molecule has 68 valence electrons. The third-order valence-electron chi connectivity index (χ3n) is 1.53. The summed E-state index contributed by atoms with van der Waals surface area (Å²) in [7, 11) is 0. The van der Waals surface area contributed by atoms with E-state index < -0.39 is 0 Å². The predicted octanol–water partition coefficient (Wildman–Crippen LogP) is 3.46. The van der Waals surface area contributed by atoms with Crippen LogP contribution in [0.1, 0.15) is 5.56 Å². The number of rotatable bonds is 2. The van der Waals surface area contributed by atoms with E-state index in [1.807, 2.05) is 25.1 Å². The SMILES string of the molecule is Cc1cc(Br)c(NCC#N)c(Br)c1. The molecular formula is C9H8Br2N2. The molecule has 0 bridgehead atoms. The number of aryl methyl sites for hydroxylation is 1. The molecule has 0 spiro atoms. The van der Waals surface area contributed by atoms with Crippen LogP contribution in [0.15, 0.2) is 21.1 Å². The van der Waals surface area contributed by atoms with Crippen LogP contribution in [0.2, 0.25) is 0 Å². The second-order valence-corrected chi connectivity index (χ2v) is 4.32. The number of nitriles is 1. The number of benzene rings is 1. The van der Waals surface area contributed by atoms with Crippen LogP contribution in [0.25, 0.3) is 0 Å². The van der Waals surface area contributed by atoms with Crippen LogP contribution >= 0.6 is 31.9 Å². The van der Waals surface area contributed by atoms with Gasteiger partial charge in [-0.25, -0.2) is 0 Å². The normalized spacial score (nSPS) is 9.38. The topological polar surface area (TPSA) is 35.8 Å². The summed E-state index contributed by atoms with van der Waals surface area (Å²) in [5.41, 5.74) is 2.09. The summed E-state index contributed by atoms with van der Waals surface area (Å²) in [5.74, 6) is 0. The highest BCUT2D eigenvalue weighted by atomic mass is 79.9. The molecular weight excluding hydrogens is 296 g/mol. The third-order valence-corrected chi connectivity index (χ3v) is 2.78. The summed E-state index contributed by atoms with van der Waals surface area (Å²) in [4.78, 5) is 0. The molecule has 0 fully saturated rings. The zero-order valence-electron chi connectivity index (χ0n) is 7.06. The van der Waals surface area contributed by atoms with E-state index in [9.17, 15) is 0 Å². The van der Waals surface area contributed by atoms with Crippen molar-refractivity contribution in [3.05, 3.63) is 26.6 Å². The van der Waals surface area contributed by atoms with Crippen molar-refractivity contribution in [2.45, 2.75) is 6.92 Å². The fourth-order valence-electron chi connectivity index (χ4n) is 0.997. The van der Waals surface area contributed by atoms with Gasteiger partial charge in [-0.15, -0.1) is 0 Å². The van der Waals surface area contributed by atoms with Gasteiger partial charge >= 0.3 is 0 Å². The minimum absolute atomic E-state index is 0.306. The molecule has 0 aliphatic heterocycles. The molecule has 1 N–H and O–H groups in total. The molecule has 1 aromatic carbocycles. The van der Waals surface area contributed by atoms with Crippen molar-refractivity contribution in [1.82, 2.24) is 0 Å². The van der Waals surface area contributed by atoms with Gasteiger partial charge in [0.25, 0.3) is 0 Å². The van der Waals surface area contributed by atoms with Crippen LogP contribution in [0.3, 0.4) is 0 Å². The van der Waals surface area contributed by atoms with Crippen molar-refractivity contribution in [3.63, 3.8) is 0 Å². The lowest BCUT2D eigenvalue weighted by molar-refractivity contribution is 1.29. The molecule has 2 nitrogen and oxygen atoms in total. The second kappa shape index (κ2) is 4.64. The standard InChI is InChI=1S/C9H8Br2N2/c1-6-4-7(10)9(8(11)5-6)13-3-2-12/h4-5,13H,3H2,1H3. The highest BCUT2D eigenvalue weighted by molar-refractivity contribution is 9.11. The lowest BCUT2D eigenvalue weighted by atomic mass is 10.2. The first-order valence-corrected chi connectivity index (χ1v) is 5.30. The largest absolute Gasteiger partial charge is 0.370 e. The minimum atomic E-state index is 0.306. The number of halogens is 2. The average Bonchev–Trinajstić information content (AvgIpc) is 2.02. The summed E-state index contributed by atoms with van der Waals surface area (Å²) in [6, 6.07) is 6.04. The summed E-state index contributed by atoms with van der Waals surface area (Å²) in [6.45, 7) is 2.32. The van der Waals surface area contributed by atoms with E-state index in [2.05, 4.69) is 37.2 Å². The molecule has 0 aliphatic carbocycles. The molecule has 0 unspecified atom stereocenters. The van der Waals surface area contributed by atoms with Crippen LogP contribution in [0, 0.1) is 18.3 Å². The highest BCUT2D eigenvalue weighted by Crippen LogP contribution is 2.31. The molecule has 0 amide bonds. The summed E-state index contributed by atoms with van der Waals surface area (Å²) >= 11 is 6.85. The molecule has 4 heteroatoms. The van der Waals surface area contributed by atoms with Crippen LogP contribution in [0.5, 0.6) is 0 Å². The van der Waals surface area contributed by atoms with E-state index in [4.69, 9.17) is 5.26 Å². The maximum atomic E-state index is 8.42. The fraction of sp³-hybridized carbons (Fsp3) is 0.222. The third kappa shape index (κ3) is 2.71. The Kier molecular flexibility index (Phi) is 3.76. The Morgan fingerprint density at radius 1 is 1.38 bits per heavy atom. The van der Waals surface area contributed by atoms with Crippen molar-refractivity contribution < 1.29 is 0 Å². The van der Waals surface area contributed by atoms with Crippen LogP contribution < -0.4 is 5.32 Å². The number of anilines is 1. The van der Waals surface area contributed by atoms with Gasteiger partial charge in [-0.05, 0) is 56.5 Å². The van der Waals surface area contributed by atoms with E-state index >= 15 is 0 Å². The van der Waals surface area contributed by atoms with Gasteiger partial charge in [-0.3, -0.25) is 0 Å². The molecule has 0 saturated heterocycles. The average molecular weight is 304 g/mol. The van der Waals surface area contributed by atoms with Crippen molar-refractivity contribution in [3.8, 4) is 6.07 Å². The molecule has 0 heterocycles. The fourth-order valence-corrected chi connectivity index (χ4v) is 2.69. The Balaban J connectivity index is 3.00. The Morgan fingerprint density at radius 2 is 1.92 bits per heavy atom. The number of hydrogen-bond donors (Lipinski definition) is 1. The van der Waals surface area contributed by atoms with Gasteiger partial charge in [0.2, 0.25) is 0 Å². The smallest absolute Gasteiger partial charge is 0.103 e. The van der Waals surface area contributed by atoms with Gasteiger partial charge < -0.3 is 5.32 Å². The molecule has 1 aromatic rings. The van der Waals surface area contributed by atoms with Crippen molar-refractivity contribution >= 4 is 37.5 Å². The molecule has 13 heavy (non-hydrogen) atoms. The molecule has 0 saturated carbocycles. The Labute approximate surface area is 94.2 Å². The molecule has 0 radical (unpaired) electrons. The van der Waals surface area contributed by atoms with Gasteiger partial charge in [0.05, 0.1) is 11.8 Å². The monoisotopic (exact) mass is 302 g/mol. The Morgan fingerprint density at radius 3 is 2.38 bits per heavy atom. The van der Waals surface area contributed by atoms with Crippen molar-refractivity contribution in [2.24, 2.45) is 0 Å². The van der Waals surface area contributed by atoms with E-state index in [0.29, 0.717) is 6.54 Å². The predicted molar refractivity (Wildman–Crippen MR) is 60.7 cm³/mol. The van der Waals surface area contributed by atoms with Crippen LogP contribution in [-0.4, -0.2) is 6.54 Å². The second-order valence-electron chi connectivity index (χ2n) is 2.62. The van der Waals surface area contributed by atoms with E-state index in [0.717, 1.165) is 14.6 Å². The maximum absolute atomic E-state index is 8.42. The van der Waals surface area contributed by atoms with E-state index in [1.165, 1.54) is 5.56 Å². The summed E-state index contributed by atoms with van der Waals surface area (Å²) in [5, 5.41) is 11.4. The van der Waals surface area contributed by atoms with Gasteiger partial charge in [0, 0.05) is 8.95 Å². The molecule has 0 aliphatic rings. The summed E-state index contributed by atoms with van der Waals surface area (Å²) < 4.78 is 1.93. The Bertz CT molecular complexity index is 332. The number of nitrogens with one attached hydrogen (secondary N) is 1. The van der Waals surface area contributed by atoms with E-state index in [-0.39, 0.29) is 0 Å². The lowest BCUT2D eigenvalue weighted by Crippen LogP contribution is -2.00. The van der Waals surface area contributed by atoms with Gasteiger partial charge in [-0.2, -0.15) is 5.26 Å². The molecule has 0 atom stereocenters.